The highest BCUT2D eigenvalue weighted by molar-refractivity contribution is 14.1. The van der Waals surface area contributed by atoms with E-state index in [4.69, 9.17) is 7.85 Å². The molecule has 2 radical (unpaired) electrons. The number of rotatable bonds is 1. The molecule has 0 saturated heterocycles. The summed E-state index contributed by atoms with van der Waals surface area (Å²) in [5, 5.41) is 0. The van der Waals surface area contributed by atoms with Crippen molar-refractivity contribution in [1.82, 2.24) is 4.98 Å². The SMILES string of the molecule is [B]Cc1ccc(I)nc1. The molecule has 0 unspecified atom stereocenters. The molecular formula is C6H5BIN. The van der Waals surface area contributed by atoms with Crippen LogP contribution in [0.5, 0.6) is 0 Å². The number of halogens is 1. The summed E-state index contributed by atoms with van der Waals surface area (Å²) in [4.78, 5) is 4.06. The molecule has 1 aromatic heterocycles. The summed E-state index contributed by atoms with van der Waals surface area (Å²) in [5.74, 6) is 0. The van der Waals surface area contributed by atoms with Crippen LogP contribution >= 0.6 is 22.6 Å². The molecule has 1 nitrogen and oxygen atoms in total. The molecule has 1 aromatic rings. The van der Waals surface area contributed by atoms with Gasteiger partial charge in [-0.3, -0.25) is 4.98 Å². The Bertz CT molecular complexity index is 185. The van der Waals surface area contributed by atoms with Gasteiger partial charge in [-0.05, 0) is 34.2 Å². The van der Waals surface area contributed by atoms with Crippen LogP contribution in [0.2, 0.25) is 0 Å². The van der Waals surface area contributed by atoms with Gasteiger partial charge >= 0.3 is 0 Å². The molecule has 0 saturated carbocycles. The average molecular weight is 229 g/mol. The fraction of sp³-hybridized carbons (Fsp3) is 0.167. The normalized spacial score (nSPS) is 9.44. The van der Waals surface area contributed by atoms with E-state index in [0.29, 0.717) is 6.32 Å². The zero-order valence-electron chi connectivity index (χ0n) is 4.84. The van der Waals surface area contributed by atoms with Crippen LogP contribution in [0.1, 0.15) is 5.56 Å². The zero-order valence-corrected chi connectivity index (χ0v) is 7.00. The van der Waals surface area contributed by atoms with Crippen LogP contribution in [-0.2, 0) is 6.32 Å². The fourth-order valence-electron chi connectivity index (χ4n) is 0.527. The molecule has 1 heterocycles. The molecule has 0 aliphatic carbocycles. The molecule has 1 rings (SSSR count). The van der Waals surface area contributed by atoms with Gasteiger partial charge in [0.15, 0.2) is 0 Å². The number of aromatic nitrogens is 1. The van der Waals surface area contributed by atoms with E-state index in [2.05, 4.69) is 27.6 Å². The Hall–Kier alpha value is -0.0551. The summed E-state index contributed by atoms with van der Waals surface area (Å²) in [7, 11) is 5.36. The lowest BCUT2D eigenvalue weighted by Gasteiger charge is -1.92. The van der Waals surface area contributed by atoms with E-state index in [1.807, 2.05) is 12.1 Å². The molecule has 0 aromatic carbocycles. The molecule has 0 bridgehead atoms. The number of hydrogen-bond acceptors (Lipinski definition) is 1. The zero-order chi connectivity index (χ0) is 6.69. The van der Waals surface area contributed by atoms with Crippen LogP contribution in [0.3, 0.4) is 0 Å². The van der Waals surface area contributed by atoms with Gasteiger partial charge in [-0.25, -0.2) is 0 Å². The summed E-state index contributed by atoms with van der Waals surface area (Å²) in [6, 6.07) is 3.93. The van der Waals surface area contributed by atoms with Crippen molar-refractivity contribution in [3.63, 3.8) is 0 Å². The van der Waals surface area contributed by atoms with E-state index in [1.54, 1.807) is 6.20 Å². The Kier molecular flexibility index (Phi) is 2.51. The highest BCUT2D eigenvalue weighted by Gasteiger charge is 1.87. The molecule has 0 spiro atoms. The van der Waals surface area contributed by atoms with Crippen LogP contribution in [0.15, 0.2) is 18.3 Å². The lowest BCUT2D eigenvalue weighted by Crippen LogP contribution is -1.85. The molecule has 0 aliphatic heterocycles. The molecule has 9 heavy (non-hydrogen) atoms. The Morgan fingerprint density at radius 1 is 1.56 bits per heavy atom. The largest absolute Gasteiger partial charge is 0.250 e. The minimum atomic E-state index is 0.573. The van der Waals surface area contributed by atoms with Crippen LogP contribution in [-0.4, -0.2) is 12.8 Å². The molecule has 0 fully saturated rings. The van der Waals surface area contributed by atoms with E-state index in [1.165, 1.54) is 0 Å². The molecule has 44 valence electrons. The summed E-state index contributed by atoms with van der Waals surface area (Å²) >= 11 is 2.16. The Labute approximate surface area is 69.4 Å². The van der Waals surface area contributed by atoms with Crippen molar-refractivity contribution in [1.29, 1.82) is 0 Å². The first-order valence-corrected chi connectivity index (χ1v) is 3.71. The Morgan fingerprint density at radius 2 is 2.33 bits per heavy atom. The number of hydrogen-bond donors (Lipinski definition) is 0. The van der Waals surface area contributed by atoms with Gasteiger partial charge in [-0.15, -0.1) is 0 Å². The maximum Gasteiger partial charge on any atom is 0.101 e. The van der Waals surface area contributed by atoms with Crippen LogP contribution in [0.25, 0.3) is 0 Å². The standard InChI is InChI=1S/C6H5BIN/c7-3-5-1-2-6(8)9-4-5/h1-2,4H,3H2. The lowest BCUT2D eigenvalue weighted by atomic mass is 9.99. The van der Waals surface area contributed by atoms with Gasteiger partial charge in [0, 0.05) is 6.20 Å². The molecule has 0 amide bonds. The molecular weight excluding hydrogens is 224 g/mol. The van der Waals surface area contributed by atoms with Crippen molar-refractivity contribution >= 4 is 30.4 Å². The summed E-state index contributed by atoms with van der Waals surface area (Å²) in [6.45, 7) is 0. The van der Waals surface area contributed by atoms with Crippen molar-refractivity contribution < 1.29 is 0 Å². The summed E-state index contributed by atoms with van der Waals surface area (Å²) in [5.41, 5.74) is 1.08. The second-order valence-electron chi connectivity index (χ2n) is 1.69. The highest BCUT2D eigenvalue weighted by Crippen LogP contribution is 2.01. The van der Waals surface area contributed by atoms with Crippen LogP contribution in [0, 0.1) is 3.70 Å². The second-order valence-corrected chi connectivity index (χ2v) is 2.80. The predicted molar refractivity (Wildman–Crippen MR) is 46.4 cm³/mol. The predicted octanol–water partition coefficient (Wildman–Crippen LogP) is 1.35. The van der Waals surface area contributed by atoms with E-state index in [-0.39, 0.29) is 0 Å². The Balaban J connectivity index is 2.88. The highest BCUT2D eigenvalue weighted by atomic mass is 127. The van der Waals surface area contributed by atoms with E-state index in [9.17, 15) is 0 Å². The first kappa shape index (κ1) is 7.06. The van der Waals surface area contributed by atoms with Gasteiger partial charge in [0.1, 0.15) is 3.70 Å². The van der Waals surface area contributed by atoms with Crippen molar-refractivity contribution in [3.05, 3.63) is 27.6 Å². The lowest BCUT2D eigenvalue weighted by molar-refractivity contribution is 1.21. The van der Waals surface area contributed by atoms with Gasteiger partial charge < -0.3 is 0 Å². The minimum Gasteiger partial charge on any atom is -0.250 e. The first-order chi connectivity index (χ1) is 4.33. The summed E-state index contributed by atoms with van der Waals surface area (Å²) in [6.07, 6.45) is 2.37. The van der Waals surface area contributed by atoms with Gasteiger partial charge in [0.05, 0.1) is 7.85 Å². The van der Waals surface area contributed by atoms with Crippen molar-refractivity contribution in [2.24, 2.45) is 0 Å². The van der Waals surface area contributed by atoms with Crippen molar-refractivity contribution in [2.45, 2.75) is 6.32 Å². The van der Waals surface area contributed by atoms with E-state index < -0.39 is 0 Å². The minimum absolute atomic E-state index is 0.573. The van der Waals surface area contributed by atoms with E-state index in [0.717, 1.165) is 9.26 Å². The molecule has 0 atom stereocenters. The van der Waals surface area contributed by atoms with Crippen molar-refractivity contribution in [3.8, 4) is 0 Å². The van der Waals surface area contributed by atoms with Crippen LogP contribution in [0.4, 0.5) is 0 Å². The Morgan fingerprint density at radius 3 is 2.78 bits per heavy atom. The maximum absolute atomic E-state index is 5.36. The second kappa shape index (κ2) is 3.20. The van der Waals surface area contributed by atoms with Crippen LogP contribution < -0.4 is 0 Å². The fourth-order valence-corrected chi connectivity index (χ4v) is 0.846. The number of pyridine rings is 1. The average Bonchev–Trinajstić information content (AvgIpc) is 1.90. The van der Waals surface area contributed by atoms with Crippen molar-refractivity contribution in [2.75, 3.05) is 0 Å². The maximum atomic E-state index is 5.36. The van der Waals surface area contributed by atoms with Gasteiger partial charge in [0.25, 0.3) is 0 Å². The monoisotopic (exact) mass is 229 g/mol. The first-order valence-electron chi connectivity index (χ1n) is 2.63. The van der Waals surface area contributed by atoms with Gasteiger partial charge in [0.2, 0.25) is 0 Å². The van der Waals surface area contributed by atoms with Gasteiger partial charge in [-0.2, -0.15) is 0 Å². The van der Waals surface area contributed by atoms with E-state index >= 15 is 0 Å². The van der Waals surface area contributed by atoms with Gasteiger partial charge in [-0.1, -0.05) is 12.4 Å². The third-order valence-electron chi connectivity index (χ3n) is 1.02. The molecule has 3 heteroatoms. The number of nitrogens with zero attached hydrogens (tertiary/aromatic N) is 1. The molecule has 0 aliphatic rings. The topological polar surface area (TPSA) is 12.9 Å². The smallest absolute Gasteiger partial charge is 0.101 e. The third kappa shape index (κ3) is 1.97. The summed E-state index contributed by atoms with van der Waals surface area (Å²) < 4.78 is 1.00. The third-order valence-corrected chi connectivity index (χ3v) is 1.66. The molecule has 0 N–H and O–H groups in total. The quantitative estimate of drug-likeness (QED) is 0.402.